The van der Waals surface area contributed by atoms with Crippen LogP contribution in [0.3, 0.4) is 0 Å². The maximum Gasteiger partial charge on any atom is 0.152 e. The van der Waals surface area contributed by atoms with Crippen LogP contribution in [-0.4, -0.2) is 0 Å². The van der Waals surface area contributed by atoms with E-state index < -0.39 is 7.26 Å². The Morgan fingerprint density at radius 1 is 0.517 bits per heavy atom. The quantitative estimate of drug-likeness (QED) is 0.317. The lowest BCUT2D eigenvalue weighted by Crippen LogP contribution is -2.31. The van der Waals surface area contributed by atoms with Crippen molar-refractivity contribution in [3.8, 4) is 11.8 Å². The van der Waals surface area contributed by atoms with Crippen molar-refractivity contribution in [2.75, 3.05) is 0 Å². The van der Waals surface area contributed by atoms with Crippen LogP contribution in [0.2, 0.25) is 0 Å². The largest absolute Gasteiger partial charge is 0.152 e. The summed E-state index contributed by atoms with van der Waals surface area (Å²) < 4.78 is 0. The fraction of sp³-hybridized carbons (Fsp3) is 0. The normalized spacial score (nSPS) is 10.6. The highest BCUT2D eigenvalue weighted by atomic mass is 31.2. The van der Waals surface area contributed by atoms with Gasteiger partial charge in [-0.25, -0.2) is 0 Å². The van der Waals surface area contributed by atoms with Crippen molar-refractivity contribution in [2.24, 2.45) is 0 Å². The summed E-state index contributed by atoms with van der Waals surface area (Å²) in [6.45, 7) is 4.55. The molecule has 0 fully saturated rings. The van der Waals surface area contributed by atoms with E-state index in [1.54, 1.807) is 0 Å². The van der Waals surface area contributed by atoms with E-state index in [9.17, 15) is 0 Å². The lowest BCUT2D eigenvalue weighted by atomic mass is 10.2. The van der Waals surface area contributed by atoms with Crippen molar-refractivity contribution >= 4 is 23.2 Å². The third kappa shape index (κ3) is 3.79. The van der Waals surface area contributed by atoms with Gasteiger partial charge in [0, 0.05) is 5.56 Å². The molecule has 0 amide bonds. The number of hydrogen-bond acceptors (Lipinski definition) is 0. The van der Waals surface area contributed by atoms with E-state index in [0.29, 0.717) is 0 Å². The van der Waals surface area contributed by atoms with Gasteiger partial charge < -0.3 is 0 Å². The van der Waals surface area contributed by atoms with Gasteiger partial charge in [0.2, 0.25) is 0 Å². The second-order valence-electron chi connectivity index (χ2n) is 6.74. The van der Waals surface area contributed by atoms with Crippen LogP contribution < -0.4 is 15.9 Å². The zero-order chi connectivity index (χ0) is 19.9. The first-order valence-corrected chi connectivity index (χ1v) is 11.4. The van der Waals surface area contributed by atoms with Crippen LogP contribution >= 0.6 is 7.26 Å². The smallest absolute Gasteiger partial charge is 0.0622 e. The summed E-state index contributed by atoms with van der Waals surface area (Å²) in [4.78, 5) is 0. The lowest BCUT2D eigenvalue weighted by Gasteiger charge is -2.26. The summed E-state index contributed by atoms with van der Waals surface area (Å²) in [5.41, 5.74) is 1.00. The van der Waals surface area contributed by atoms with Gasteiger partial charge in [-0.3, -0.25) is 0 Å². The molecular formula is C28H22P+. The van der Waals surface area contributed by atoms with E-state index in [2.05, 4.69) is 109 Å². The van der Waals surface area contributed by atoms with E-state index in [0.717, 1.165) is 10.9 Å². The highest BCUT2D eigenvalue weighted by Gasteiger charge is 2.48. The predicted octanol–water partition coefficient (Wildman–Crippen LogP) is 5.55. The zero-order valence-electron chi connectivity index (χ0n) is 16.2. The van der Waals surface area contributed by atoms with Crippen molar-refractivity contribution in [2.45, 2.75) is 0 Å². The molecule has 4 aromatic rings. The molecule has 1 heteroatoms. The third-order valence-corrected chi connectivity index (χ3v) is 9.10. The lowest BCUT2D eigenvalue weighted by molar-refractivity contribution is 1.65. The fourth-order valence-electron chi connectivity index (χ4n) is 3.62. The van der Waals surface area contributed by atoms with Gasteiger partial charge in [-0.2, -0.15) is 0 Å². The maximum atomic E-state index is 4.55. The van der Waals surface area contributed by atoms with E-state index >= 15 is 0 Å². The summed E-state index contributed by atoms with van der Waals surface area (Å²) in [5.74, 6) is 6.78. The van der Waals surface area contributed by atoms with Gasteiger partial charge in [0.25, 0.3) is 0 Å². The van der Waals surface area contributed by atoms with Crippen LogP contribution in [0, 0.1) is 11.8 Å². The number of rotatable bonds is 4. The first-order chi connectivity index (χ1) is 14.3. The molecule has 0 aromatic heterocycles. The van der Waals surface area contributed by atoms with E-state index in [1.807, 2.05) is 30.3 Å². The molecule has 0 aliphatic heterocycles. The van der Waals surface area contributed by atoms with Gasteiger partial charge >= 0.3 is 0 Å². The van der Waals surface area contributed by atoms with Gasteiger partial charge in [0.15, 0.2) is 12.6 Å². The minimum Gasteiger partial charge on any atom is -0.0622 e. The third-order valence-electron chi connectivity index (χ3n) is 4.96. The molecule has 0 heterocycles. The van der Waals surface area contributed by atoms with E-state index in [1.165, 1.54) is 15.9 Å². The average molecular weight is 389 g/mol. The van der Waals surface area contributed by atoms with Crippen LogP contribution in [0.5, 0.6) is 0 Å². The summed E-state index contributed by atoms with van der Waals surface area (Å²) in [6, 6.07) is 42.2. The molecule has 4 aromatic carbocycles. The van der Waals surface area contributed by atoms with Crippen molar-refractivity contribution in [3.05, 3.63) is 139 Å². The Bertz CT molecular complexity index is 1040. The molecule has 0 atom stereocenters. The average Bonchev–Trinajstić information content (AvgIpc) is 2.81. The van der Waals surface area contributed by atoms with Gasteiger partial charge in [-0.1, -0.05) is 78.7 Å². The molecule has 0 radical (unpaired) electrons. The predicted molar refractivity (Wildman–Crippen MR) is 128 cm³/mol. The molecule has 0 unspecified atom stereocenters. The van der Waals surface area contributed by atoms with Gasteiger partial charge in [0.1, 0.15) is 15.9 Å². The molecule has 0 spiro atoms. The Balaban J connectivity index is 1.98. The molecule has 29 heavy (non-hydrogen) atoms. The summed E-state index contributed by atoms with van der Waals surface area (Å²) in [6.07, 6.45) is 0. The van der Waals surface area contributed by atoms with Gasteiger partial charge in [-0.05, 0) is 61.0 Å². The molecule has 0 aliphatic carbocycles. The van der Waals surface area contributed by atoms with E-state index in [4.69, 9.17) is 0 Å². The highest BCUT2D eigenvalue weighted by Crippen LogP contribution is 2.61. The van der Waals surface area contributed by atoms with Crippen LogP contribution in [0.15, 0.2) is 133 Å². The monoisotopic (exact) mass is 389 g/mol. The first-order valence-electron chi connectivity index (χ1n) is 9.64. The number of hydrogen-bond donors (Lipinski definition) is 0. The Morgan fingerprint density at radius 2 is 0.862 bits per heavy atom. The molecular weight excluding hydrogens is 367 g/mol. The molecule has 0 saturated heterocycles. The van der Waals surface area contributed by atoms with Crippen LogP contribution in [-0.2, 0) is 0 Å². The Kier molecular flexibility index (Phi) is 5.71. The van der Waals surface area contributed by atoms with Crippen LogP contribution in [0.4, 0.5) is 0 Å². The molecule has 4 rings (SSSR count). The summed E-state index contributed by atoms with van der Waals surface area (Å²) in [5, 5.41) is 4.77. The van der Waals surface area contributed by atoms with Crippen molar-refractivity contribution in [1.29, 1.82) is 0 Å². The maximum absolute atomic E-state index is 4.55. The van der Waals surface area contributed by atoms with Crippen LogP contribution in [0.1, 0.15) is 5.56 Å². The van der Waals surface area contributed by atoms with Crippen molar-refractivity contribution in [1.82, 2.24) is 0 Å². The van der Waals surface area contributed by atoms with E-state index in [-0.39, 0.29) is 0 Å². The molecule has 138 valence electrons. The Hall–Kier alpha value is -3.39. The highest BCUT2D eigenvalue weighted by molar-refractivity contribution is 7.99. The summed E-state index contributed by atoms with van der Waals surface area (Å²) >= 11 is 0. The molecule has 0 nitrogen and oxygen atoms in total. The standard InChI is InChI=1S/C28H22P/c1-24(22-23-25-14-6-2-7-15-25)29(26-16-8-3-9-17-26,27-18-10-4-11-19-27)28-20-12-5-13-21-28/h2-21H,1H2/q+1. The molecule has 0 N–H and O–H groups in total. The fourth-order valence-corrected chi connectivity index (χ4v) is 7.53. The minimum absolute atomic E-state index is 0.963. The van der Waals surface area contributed by atoms with Crippen molar-refractivity contribution < 1.29 is 0 Å². The molecule has 0 saturated carbocycles. The van der Waals surface area contributed by atoms with Crippen molar-refractivity contribution in [3.63, 3.8) is 0 Å². The molecule has 0 bridgehead atoms. The first kappa shape index (κ1) is 18.9. The summed E-state index contributed by atoms with van der Waals surface area (Å²) in [7, 11) is -2.15. The Morgan fingerprint density at radius 3 is 1.24 bits per heavy atom. The minimum atomic E-state index is -2.15. The second kappa shape index (κ2) is 8.74. The SMILES string of the molecule is C=C(C#Cc1ccccc1)[P+](c1ccccc1)(c1ccccc1)c1ccccc1. The Labute approximate surface area is 173 Å². The number of allylic oxidation sites excluding steroid dienone is 1. The van der Waals surface area contributed by atoms with Crippen LogP contribution in [0.25, 0.3) is 0 Å². The zero-order valence-corrected chi connectivity index (χ0v) is 17.1. The van der Waals surface area contributed by atoms with Gasteiger partial charge in [0.05, 0.1) is 0 Å². The second-order valence-corrected chi connectivity index (χ2v) is 10.2. The number of benzene rings is 4. The molecule has 0 aliphatic rings. The van der Waals surface area contributed by atoms with Gasteiger partial charge in [-0.15, -0.1) is 0 Å². The topological polar surface area (TPSA) is 0 Å².